The minimum absolute atomic E-state index is 0.132. The highest BCUT2D eigenvalue weighted by Gasteiger charge is 2.34. The predicted molar refractivity (Wildman–Crippen MR) is 102 cm³/mol. The van der Waals surface area contributed by atoms with Gasteiger partial charge in [-0.1, -0.05) is 68.8 Å². The van der Waals surface area contributed by atoms with Crippen LogP contribution >= 0.6 is 0 Å². The quantitative estimate of drug-likeness (QED) is 0.804. The van der Waals surface area contributed by atoms with E-state index in [0.29, 0.717) is 17.6 Å². The van der Waals surface area contributed by atoms with Crippen LogP contribution in [0.25, 0.3) is 5.57 Å². The summed E-state index contributed by atoms with van der Waals surface area (Å²) in [6, 6.07) is 16.5. The van der Waals surface area contributed by atoms with Crippen LogP contribution in [0.3, 0.4) is 0 Å². The number of carboxylic acid groups (broad SMARTS) is 1. The number of benzene rings is 2. The van der Waals surface area contributed by atoms with Crippen molar-refractivity contribution in [3.63, 3.8) is 0 Å². The van der Waals surface area contributed by atoms with Crippen LogP contribution < -0.4 is 5.32 Å². The Hall–Kier alpha value is -2.88. The van der Waals surface area contributed by atoms with Crippen LogP contribution in [0.15, 0.2) is 60.2 Å². The van der Waals surface area contributed by atoms with Crippen LogP contribution in [-0.2, 0) is 11.2 Å². The van der Waals surface area contributed by atoms with Gasteiger partial charge in [-0.25, -0.2) is 4.79 Å². The van der Waals surface area contributed by atoms with E-state index in [0.717, 1.165) is 23.1 Å². The SMILES string of the molecule is CC[C@H](C)[C@@H]1NC(=O)c2ccccc2C1=C(Cc1ccccc1)C(=O)O. The minimum Gasteiger partial charge on any atom is -0.478 e. The zero-order chi connectivity index (χ0) is 18.7. The molecule has 134 valence electrons. The molecule has 0 aliphatic carbocycles. The van der Waals surface area contributed by atoms with Gasteiger partial charge in [-0.2, -0.15) is 0 Å². The number of hydrogen-bond acceptors (Lipinski definition) is 2. The lowest BCUT2D eigenvalue weighted by atomic mass is 9.79. The highest BCUT2D eigenvalue weighted by Crippen LogP contribution is 2.35. The standard InChI is InChI=1S/C22H23NO3/c1-3-14(2)20-19(16-11-7-8-12-17(16)21(24)23-20)18(22(25)26)13-15-9-5-4-6-10-15/h4-12,14,20H,3,13H2,1-2H3,(H,23,24)(H,25,26)/t14-,20-/m0/s1. The number of amides is 1. The molecule has 2 N–H and O–H groups in total. The first-order chi connectivity index (χ1) is 12.5. The first kappa shape index (κ1) is 17.9. The van der Waals surface area contributed by atoms with E-state index in [1.807, 2.05) is 56.3 Å². The second-order valence-corrected chi connectivity index (χ2v) is 6.74. The summed E-state index contributed by atoms with van der Waals surface area (Å²) in [6.45, 7) is 4.09. The van der Waals surface area contributed by atoms with Crippen LogP contribution in [0.5, 0.6) is 0 Å². The average Bonchev–Trinajstić information content (AvgIpc) is 2.66. The second kappa shape index (κ2) is 7.56. The number of aliphatic carboxylic acids is 1. The van der Waals surface area contributed by atoms with Crippen LogP contribution in [0.4, 0.5) is 0 Å². The highest BCUT2D eigenvalue weighted by atomic mass is 16.4. The van der Waals surface area contributed by atoms with E-state index in [4.69, 9.17) is 0 Å². The molecule has 0 aromatic heterocycles. The number of fused-ring (bicyclic) bond motifs is 1. The predicted octanol–water partition coefficient (Wildman–Crippen LogP) is 3.93. The van der Waals surface area contributed by atoms with Crippen LogP contribution in [0, 0.1) is 5.92 Å². The van der Waals surface area contributed by atoms with Gasteiger partial charge in [0.2, 0.25) is 0 Å². The third kappa shape index (κ3) is 3.40. The number of carbonyl (C=O) groups excluding carboxylic acids is 1. The van der Waals surface area contributed by atoms with Crippen molar-refractivity contribution in [2.75, 3.05) is 0 Å². The van der Waals surface area contributed by atoms with Crippen molar-refractivity contribution in [1.29, 1.82) is 0 Å². The molecule has 0 fully saturated rings. The van der Waals surface area contributed by atoms with E-state index < -0.39 is 5.97 Å². The fourth-order valence-electron chi connectivity index (χ4n) is 3.47. The highest BCUT2D eigenvalue weighted by molar-refractivity contribution is 6.08. The van der Waals surface area contributed by atoms with Crippen molar-refractivity contribution in [2.45, 2.75) is 32.7 Å². The van der Waals surface area contributed by atoms with Gasteiger partial charge in [0.1, 0.15) is 0 Å². The molecule has 0 saturated carbocycles. The normalized spacial score (nSPS) is 19.3. The molecule has 1 aliphatic rings. The van der Waals surface area contributed by atoms with Crippen molar-refractivity contribution in [1.82, 2.24) is 5.32 Å². The molecule has 4 nitrogen and oxygen atoms in total. The molecule has 0 spiro atoms. The smallest absolute Gasteiger partial charge is 0.332 e. The summed E-state index contributed by atoms with van der Waals surface area (Å²) in [5, 5.41) is 13.0. The molecule has 1 aliphatic heterocycles. The van der Waals surface area contributed by atoms with Gasteiger partial charge in [0.15, 0.2) is 0 Å². The zero-order valence-electron chi connectivity index (χ0n) is 15.0. The second-order valence-electron chi connectivity index (χ2n) is 6.74. The van der Waals surface area contributed by atoms with Crippen molar-refractivity contribution in [2.24, 2.45) is 5.92 Å². The van der Waals surface area contributed by atoms with Crippen LogP contribution in [-0.4, -0.2) is 23.0 Å². The lowest BCUT2D eigenvalue weighted by molar-refractivity contribution is -0.132. The van der Waals surface area contributed by atoms with Gasteiger partial charge >= 0.3 is 5.97 Å². The first-order valence-corrected chi connectivity index (χ1v) is 8.93. The summed E-state index contributed by atoms with van der Waals surface area (Å²) >= 11 is 0. The maximum Gasteiger partial charge on any atom is 0.332 e. The first-order valence-electron chi connectivity index (χ1n) is 8.93. The van der Waals surface area contributed by atoms with Crippen LogP contribution in [0.2, 0.25) is 0 Å². The van der Waals surface area contributed by atoms with Gasteiger partial charge < -0.3 is 10.4 Å². The fourth-order valence-corrected chi connectivity index (χ4v) is 3.47. The Labute approximate surface area is 153 Å². The number of hydrogen-bond donors (Lipinski definition) is 2. The summed E-state index contributed by atoms with van der Waals surface area (Å²) in [4.78, 5) is 24.7. The topological polar surface area (TPSA) is 66.4 Å². The Kier molecular flexibility index (Phi) is 5.21. The van der Waals surface area contributed by atoms with Crippen molar-refractivity contribution < 1.29 is 14.7 Å². The summed E-state index contributed by atoms with van der Waals surface area (Å²) in [6.07, 6.45) is 1.16. The molecule has 0 radical (unpaired) electrons. The number of carbonyl (C=O) groups is 2. The zero-order valence-corrected chi connectivity index (χ0v) is 15.0. The molecule has 1 heterocycles. The molecule has 1 amide bonds. The van der Waals surface area contributed by atoms with E-state index in [1.54, 1.807) is 12.1 Å². The van der Waals surface area contributed by atoms with Gasteiger partial charge in [0.05, 0.1) is 6.04 Å². The Morgan fingerprint density at radius 1 is 1.08 bits per heavy atom. The molecular weight excluding hydrogens is 326 g/mol. The summed E-state index contributed by atoms with van der Waals surface area (Å²) in [7, 11) is 0. The van der Waals surface area contributed by atoms with Crippen LogP contribution in [0.1, 0.15) is 41.8 Å². The molecule has 2 aromatic rings. The third-order valence-corrected chi connectivity index (χ3v) is 5.08. The molecular formula is C22H23NO3. The minimum atomic E-state index is -0.942. The molecule has 3 rings (SSSR count). The van der Waals surface area contributed by atoms with E-state index in [-0.39, 0.29) is 17.9 Å². The van der Waals surface area contributed by atoms with Crippen molar-refractivity contribution in [3.05, 3.63) is 76.9 Å². The van der Waals surface area contributed by atoms with E-state index in [9.17, 15) is 14.7 Å². The van der Waals surface area contributed by atoms with Crippen molar-refractivity contribution in [3.8, 4) is 0 Å². The van der Waals surface area contributed by atoms with E-state index in [1.165, 1.54) is 0 Å². The summed E-state index contributed by atoms with van der Waals surface area (Å²) in [5.41, 5.74) is 3.28. The van der Waals surface area contributed by atoms with Gasteiger partial charge in [-0.05, 0) is 28.7 Å². The van der Waals surface area contributed by atoms with Gasteiger partial charge in [-0.15, -0.1) is 0 Å². The largest absolute Gasteiger partial charge is 0.478 e. The molecule has 0 unspecified atom stereocenters. The van der Waals surface area contributed by atoms with Gasteiger partial charge in [-0.3, -0.25) is 4.79 Å². The van der Waals surface area contributed by atoms with E-state index >= 15 is 0 Å². The number of rotatable bonds is 5. The monoisotopic (exact) mass is 349 g/mol. The lowest BCUT2D eigenvalue weighted by Crippen LogP contribution is -2.45. The molecule has 26 heavy (non-hydrogen) atoms. The average molecular weight is 349 g/mol. The molecule has 4 heteroatoms. The molecule has 2 atom stereocenters. The molecule has 2 aromatic carbocycles. The van der Waals surface area contributed by atoms with Crippen molar-refractivity contribution >= 4 is 17.4 Å². The maximum absolute atomic E-state index is 12.5. The Morgan fingerprint density at radius 3 is 2.31 bits per heavy atom. The van der Waals surface area contributed by atoms with Gasteiger partial charge in [0, 0.05) is 17.6 Å². The summed E-state index contributed by atoms with van der Waals surface area (Å²) < 4.78 is 0. The van der Waals surface area contributed by atoms with E-state index in [2.05, 4.69) is 5.32 Å². The Balaban J connectivity index is 2.22. The van der Waals surface area contributed by atoms with Gasteiger partial charge in [0.25, 0.3) is 5.91 Å². The maximum atomic E-state index is 12.5. The molecule has 0 bridgehead atoms. The Bertz CT molecular complexity index is 855. The number of carboxylic acids is 1. The lowest BCUT2D eigenvalue weighted by Gasteiger charge is -2.34. The summed E-state index contributed by atoms with van der Waals surface area (Å²) in [5.74, 6) is -0.949. The Morgan fingerprint density at radius 2 is 1.69 bits per heavy atom. The molecule has 0 saturated heterocycles. The number of nitrogens with one attached hydrogen (secondary N) is 1. The fraction of sp³-hybridized carbons (Fsp3) is 0.273. The third-order valence-electron chi connectivity index (χ3n) is 5.08.